The van der Waals surface area contributed by atoms with Crippen molar-refractivity contribution in [3.63, 3.8) is 0 Å². The molecule has 4 aromatic rings. The van der Waals surface area contributed by atoms with Crippen LogP contribution < -0.4 is 15.1 Å². The van der Waals surface area contributed by atoms with Crippen LogP contribution in [0.5, 0.6) is 5.88 Å². The molecule has 36 heavy (non-hydrogen) atoms. The van der Waals surface area contributed by atoms with Gasteiger partial charge >= 0.3 is 5.97 Å². The van der Waals surface area contributed by atoms with Crippen LogP contribution in [0.3, 0.4) is 0 Å². The highest BCUT2D eigenvalue weighted by Gasteiger charge is 2.29. The minimum Gasteiger partial charge on any atom is -0.477 e. The number of carboxylic acid groups (broad SMARTS) is 1. The second-order valence-electron chi connectivity index (χ2n) is 8.77. The third-order valence-corrected chi connectivity index (χ3v) is 6.48. The van der Waals surface area contributed by atoms with Crippen molar-refractivity contribution < 1.29 is 23.4 Å². The van der Waals surface area contributed by atoms with E-state index in [9.17, 15) is 19.1 Å². The molecular weight excluding hydrogens is 468 g/mol. The zero-order valence-electron chi connectivity index (χ0n) is 19.4. The number of anilines is 1. The van der Waals surface area contributed by atoms with E-state index >= 15 is 4.39 Å². The van der Waals surface area contributed by atoms with Crippen LogP contribution in [-0.2, 0) is 0 Å². The molecule has 5 rings (SSSR count). The first-order chi connectivity index (χ1) is 17.3. The van der Waals surface area contributed by atoms with Gasteiger partial charge in [0.2, 0.25) is 11.3 Å². The number of ether oxygens (including phenoxy) is 1. The van der Waals surface area contributed by atoms with E-state index in [-0.39, 0.29) is 22.6 Å². The highest BCUT2D eigenvalue weighted by Crippen LogP contribution is 2.32. The van der Waals surface area contributed by atoms with Gasteiger partial charge < -0.3 is 19.3 Å². The lowest BCUT2D eigenvalue weighted by Crippen LogP contribution is -2.35. The number of aromatic carboxylic acids is 1. The molecule has 0 radical (unpaired) electrons. The van der Waals surface area contributed by atoms with Gasteiger partial charge in [-0.05, 0) is 55.7 Å². The van der Waals surface area contributed by atoms with E-state index in [0.29, 0.717) is 30.3 Å². The van der Waals surface area contributed by atoms with E-state index in [0.717, 1.165) is 18.9 Å². The number of nitrogens with zero attached hydrogens (tertiary/aromatic N) is 3. The molecule has 0 aliphatic carbocycles. The molecule has 0 spiro atoms. The van der Waals surface area contributed by atoms with Gasteiger partial charge in [0, 0.05) is 30.4 Å². The summed E-state index contributed by atoms with van der Waals surface area (Å²) in [6, 6.07) is 11.9. The summed E-state index contributed by atoms with van der Waals surface area (Å²) in [4.78, 5) is 30.8. The number of aromatic nitrogens is 2. The van der Waals surface area contributed by atoms with Crippen molar-refractivity contribution in [2.45, 2.75) is 25.8 Å². The van der Waals surface area contributed by atoms with Gasteiger partial charge in [-0.15, -0.1) is 0 Å². The fourth-order valence-corrected chi connectivity index (χ4v) is 4.69. The minimum absolute atomic E-state index is 0.0970. The predicted molar refractivity (Wildman–Crippen MR) is 131 cm³/mol. The van der Waals surface area contributed by atoms with Crippen LogP contribution in [0.4, 0.5) is 14.5 Å². The van der Waals surface area contributed by atoms with Crippen molar-refractivity contribution in [3.8, 4) is 11.6 Å². The first-order valence-electron chi connectivity index (χ1n) is 11.5. The lowest BCUT2D eigenvalue weighted by molar-refractivity contribution is 0.0695. The van der Waals surface area contributed by atoms with E-state index in [1.54, 1.807) is 31.3 Å². The average molecular weight is 491 g/mol. The van der Waals surface area contributed by atoms with Crippen LogP contribution in [0.25, 0.3) is 16.6 Å². The number of pyridine rings is 2. The summed E-state index contributed by atoms with van der Waals surface area (Å²) in [5.41, 5.74) is 0.236. The van der Waals surface area contributed by atoms with Gasteiger partial charge in [-0.2, -0.15) is 0 Å². The molecular formula is C27H23F2N3O4. The number of rotatable bonds is 6. The Morgan fingerprint density at radius 2 is 2.00 bits per heavy atom. The lowest BCUT2D eigenvalue weighted by atomic mass is 10.1. The minimum atomic E-state index is -1.44. The summed E-state index contributed by atoms with van der Waals surface area (Å²) in [5.74, 6) is -2.14. The molecule has 1 fully saturated rings. The molecule has 0 unspecified atom stereocenters. The molecule has 1 aliphatic heterocycles. The smallest absolute Gasteiger partial charge is 0.341 e. The second kappa shape index (κ2) is 9.41. The van der Waals surface area contributed by atoms with E-state index in [2.05, 4.69) is 4.98 Å². The summed E-state index contributed by atoms with van der Waals surface area (Å²) in [6.45, 7) is 2.62. The number of carbonyl (C=O) groups is 1. The maximum Gasteiger partial charge on any atom is 0.341 e. The molecule has 1 atom stereocenters. The lowest BCUT2D eigenvalue weighted by Gasteiger charge is -2.28. The maximum absolute atomic E-state index is 15.4. The van der Waals surface area contributed by atoms with E-state index in [1.165, 1.54) is 29.0 Å². The van der Waals surface area contributed by atoms with E-state index in [1.807, 2.05) is 11.0 Å². The third kappa shape index (κ3) is 4.28. The summed E-state index contributed by atoms with van der Waals surface area (Å²) < 4.78 is 36.9. The topological polar surface area (TPSA) is 84.7 Å². The van der Waals surface area contributed by atoms with E-state index in [4.69, 9.17) is 4.74 Å². The van der Waals surface area contributed by atoms with Gasteiger partial charge in [0.05, 0.1) is 22.9 Å². The van der Waals surface area contributed by atoms with Gasteiger partial charge in [0.1, 0.15) is 23.8 Å². The van der Waals surface area contributed by atoms with Crippen molar-refractivity contribution in [1.82, 2.24) is 9.55 Å². The maximum atomic E-state index is 15.4. The summed E-state index contributed by atoms with van der Waals surface area (Å²) in [6.07, 6.45) is 4.39. The zero-order valence-corrected chi connectivity index (χ0v) is 19.4. The Balaban J connectivity index is 1.64. The zero-order chi connectivity index (χ0) is 25.4. The van der Waals surface area contributed by atoms with Gasteiger partial charge in [-0.3, -0.25) is 4.79 Å². The Hall–Kier alpha value is -4.27. The summed E-state index contributed by atoms with van der Waals surface area (Å²) in [5, 5.41) is 9.50. The van der Waals surface area contributed by atoms with Gasteiger partial charge in [0.25, 0.3) is 0 Å². The monoisotopic (exact) mass is 491 g/mol. The average Bonchev–Trinajstić information content (AvgIpc) is 3.33. The van der Waals surface area contributed by atoms with Crippen LogP contribution in [0, 0.1) is 18.6 Å². The Bertz CT molecular complexity index is 1520. The quantitative estimate of drug-likeness (QED) is 0.420. The van der Waals surface area contributed by atoms with Crippen molar-refractivity contribution in [1.29, 1.82) is 0 Å². The molecule has 1 saturated heterocycles. The highest BCUT2D eigenvalue weighted by molar-refractivity contribution is 5.94. The molecule has 7 nitrogen and oxygen atoms in total. The van der Waals surface area contributed by atoms with Crippen molar-refractivity contribution >= 4 is 22.6 Å². The number of carboxylic acids is 1. The van der Waals surface area contributed by atoms with Gasteiger partial charge in [0.15, 0.2) is 0 Å². The summed E-state index contributed by atoms with van der Waals surface area (Å²) in [7, 11) is 0. The Kier molecular flexibility index (Phi) is 6.13. The highest BCUT2D eigenvalue weighted by atomic mass is 19.1. The fourth-order valence-electron chi connectivity index (χ4n) is 4.69. The fraction of sp³-hybridized carbons (Fsp3) is 0.222. The Morgan fingerprint density at radius 1 is 1.17 bits per heavy atom. The molecule has 184 valence electrons. The summed E-state index contributed by atoms with van der Waals surface area (Å²) >= 11 is 0. The van der Waals surface area contributed by atoms with Crippen molar-refractivity contribution in [2.75, 3.05) is 18.1 Å². The number of aryl methyl sites for hydroxylation is 1. The molecule has 2 aromatic heterocycles. The molecule has 2 aromatic carbocycles. The first-order valence-corrected chi connectivity index (χ1v) is 11.5. The van der Waals surface area contributed by atoms with Crippen molar-refractivity contribution in [3.05, 3.63) is 93.9 Å². The molecule has 0 bridgehead atoms. The van der Waals surface area contributed by atoms with Gasteiger partial charge in [-0.1, -0.05) is 12.1 Å². The number of hydrogen-bond acceptors (Lipinski definition) is 5. The number of benzene rings is 2. The molecule has 1 aliphatic rings. The molecule has 0 saturated carbocycles. The van der Waals surface area contributed by atoms with E-state index < -0.39 is 28.6 Å². The van der Waals surface area contributed by atoms with Crippen LogP contribution >= 0.6 is 0 Å². The third-order valence-electron chi connectivity index (χ3n) is 6.48. The standard InChI is InChI=1S/C27H23F2N3O4/c1-16-7-8-17(28)11-22(16)32-14-20(27(34)35)26(33)19-12-21(29)24(13-23(19)32)31-10-4-5-18(31)15-36-25-6-2-3-9-30-25/h2-3,6-9,11-14,18H,4-5,10,15H2,1H3,(H,34,35)/t18-/m1/s1. The SMILES string of the molecule is Cc1ccc(F)cc1-n1cc(C(=O)O)c(=O)c2cc(F)c(N3CCC[C@@H]3COc3ccccn3)cc21. The Morgan fingerprint density at radius 3 is 2.75 bits per heavy atom. The largest absolute Gasteiger partial charge is 0.477 e. The predicted octanol–water partition coefficient (Wildman–Crippen LogP) is 4.72. The Labute approximate surface area is 205 Å². The molecule has 1 N–H and O–H groups in total. The molecule has 9 heteroatoms. The molecule has 0 amide bonds. The number of hydrogen-bond donors (Lipinski definition) is 1. The normalized spacial score (nSPS) is 15.4. The molecule has 3 heterocycles. The van der Waals surface area contributed by atoms with Crippen LogP contribution in [-0.4, -0.2) is 39.8 Å². The number of fused-ring (bicyclic) bond motifs is 1. The number of halogens is 2. The first kappa shape index (κ1) is 23.5. The van der Waals surface area contributed by atoms with Gasteiger partial charge in [-0.25, -0.2) is 18.6 Å². The van der Waals surface area contributed by atoms with Crippen LogP contribution in [0.15, 0.2) is 65.7 Å². The van der Waals surface area contributed by atoms with Crippen LogP contribution in [0.1, 0.15) is 28.8 Å². The van der Waals surface area contributed by atoms with Crippen LogP contribution in [0.2, 0.25) is 0 Å². The second-order valence-corrected chi connectivity index (χ2v) is 8.77. The van der Waals surface area contributed by atoms with Crippen molar-refractivity contribution in [2.24, 2.45) is 0 Å².